The van der Waals surface area contributed by atoms with E-state index in [-0.39, 0.29) is 5.92 Å². The van der Waals surface area contributed by atoms with E-state index in [9.17, 15) is 0 Å². The predicted octanol–water partition coefficient (Wildman–Crippen LogP) is 4.46. The van der Waals surface area contributed by atoms with E-state index in [0.717, 1.165) is 26.9 Å². The van der Waals surface area contributed by atoms with Gasteiger partial charge < -0.3 is 9.47 Å². The summed E-state index contributed by atoms with van der Waals surface area (Å²) in [5.74, 6) is -0.797. The van der Waals surface area contributed by atoms with Crippen LogP contribution in [0.3, 0.4) is 0 Å². The third-order valence-corrected chi connectivity index (χ3v) is 4.85. The van der Waals surface area contributed by atoms with Crippen LogP contribution in [-0.2, 0) is 15.3 Å². The van der Waals surface area contributed by atoms with Crippen molar-refractivity contribution in [2.75, 3.05) is 13.2 Å². The van der Waals surface area contributed by atoms with Gasteiger partial charge in [0.25, 0.3) is 0 Å². The van der Waals surface area contributed by atoms with Crippen molar-refractivity contribution < 1.29 is 9.47 Å². The first-order valence-corrected chi connectivity index (χ1v) is 8.18. The minimum atomic E-state index is -0.753. The summed E-state index contributed by atoms with van der Waals surface area (Å²) >= 11 is 3.48. The number of rotatable bonds is 1. The van der Waals surface area contributed by atoms with Crippen molar-refractivity contribution in [1.82, 2.24) is 0 Å². The van der Waals surface area contributed by atoms with Crippen LogP contribution in [0.25, 0.3) is 0 Å². The first-order chi connectivity index (χ1) is 10.7. The lowest BCUT2D eigenvalue weighted by atomic mass is 9.83. The van der Waals surface area contributed by atoms with Gasteiger partial charge in [-0.3, -0.25) is 4.99 Å². The molecule has 2 aliphatic rings. The maximum absolute atomic E-state index is 6.13. The molecule has 0 bridgehead atoms. The molecule has 2 aliphatic heterocycles. The fourth-order valence-electron chi connectivity index (χ4n) is 3.27. The summed E-state index contributed by atoms with van der Waals surface area (Å²) in [6.07, 6.45) is 1.96. The monoisotopic (exact) mass is 357 g/mol. The highest BCUT2D eigenvalue weighted by atomic mass is 79.9. The average molecular weight is 358 g/mol. The maximum atomic E-state index is 6.13. The molecule has 0 saturated carbocycles. The van der Waals surface area contributed by atoms with Gasteiger partial charge >= 0.3 is 0 Å². The van der Waals surface area contributed by atoms with Gasteiger partial charge in [-0.05, 0) is 30.2 Å². The molecule has 1 atom stereocenters. The van der Waals surface area contributed by atoms with Gasteiger partial charge in [-0.1, -0.05) is 46.3 Å². The molecule has 0 radical (unpaired) electrons. The molecule has 1 unspecified atom stereocenters. The molecule has 0 aliphatic carbocycles. The number of aliphatic imine (C=N–C) groups is 1. The van der Waals surface area contributed by atoms with Crippen molar-refractivity contribution in [2.45, 2.75) is 18.6 Å². The van der Waals surface area contributed by atoms with Gasteiger partial charge in [0.1, 0.15) is 0 Å². The van der Waals surface area contributed by atoms with E-state index in [0.29, 0.717) is 13.2 Å². The van der Waals surface area contributed by atoms with Crippen LogP contribution < -0.4 is 0 Å². The van der Waals surface area contributed by atoms with E-state index >= 15 is 0 Å². The number of para-hydroxylation sites is 1. The van der Waals surface area contributed by atoms with Crippen molar-refractivity contribution in [2.24, 2.45) is 4.99 Å². The zero-order valence-electron chi connectivity index (χ0n) is 12.3. The van der Waals surface area contributed by atoms with Crippen molar-refractivity contribution in [3.8, 4) is 0 Å². The number of hydrogen-bond acceptors (Lipinski definition) is 3. The summed E-state index contributed by atoms with van der Waals surface area (Å²) in [6, 6.07) is 14.4. The fraction of sp³-hybridized carbons (Fsp3) is 0.278. The van der Waals surface area contributed by atoms with Gasteiger partial charge in [-0.15, -0.1) is 0 Å². The number of benzene rings is 2. The molecule has 4 heteroatoms. The molecule has 0 aromatic heterocycles. The lowest BCUT2D eigenvalue weighted by Crippen LogP contribution is -2.37. The molecule has 2 heterocycles. The molecule has 22 heavy (non-hydrogen) atoms. The Morgan fingerprint density at radius 2 is 1.82 bits per heavy atom. The molecule has 1 fully saturated rings. The molecule has 1 spiro atoms. The second kappa shape index (κ2) is 5.30. The second-order valence-corrected chi connectivity index (χ2v) is 6.56. The number of hydrogen-bond donors (Lipinski definition) is 0. The normalized spacial score (nSPS) is 22.0. The van der Waals surface area contributed by atoms with Crippen LogP contribution in [0.2, 0.25) is 0 Å². The Balaban J connectivity index is 1.89. The van der Waals surface area contributed by atoms with E-state index in [1.165, 1.54) is 0 Å². The van der Waals surface area contributed by atoms with Crippen LogP contribution in [0, 0.1) is 6.92 Å². The number of ether oxygens (including phenoxy) is 2. The first kappa shape index (κ1) is 14.1. The summed E-state index contributed by atoms with van der Waals surface area (Å²) in [7, 11) is 0. The quantitative estimate of drug-likeness (QED) is 0.754. The molecule has 4 rings (SSSR count). The highest BCUT2D eigenvalue weighted by Gasteiger charge is 2.49. The summed E-state index contributed by atoms with van der Waals surface area (Å²) < 4.78 is 13.3. The summed E-state index contributed by atoms with van der Waals surface area (Å²) in [4.78, 5) is 4.70. The van der Waals surface area contributed by atoms with Crippen molar-refractivity contribution in [3.05, 3.63) is 63.6 Å². The topological polar surface area (TPSA) is 30.8 Å². The molecule has 0 amide bonds. The molecule has 112 valence electrons. The number of halogens is 1. The van der Waals surface area contributed by atoms with E-state index < -0.39 is 5.79 Å². The van der Waals surface area contributed by atoms with Crippen molar-refractivity contribution in [3.63, 3.8) is 0 Å². The van der Waals surface area contributed by atoms with E-state index in [2.05, 4.69) is 47.1 Å². The number of fused-ring (bicyclic) bond motifs is 2. The van der Waals surface area contributed by atoms with Gasteiger partial charge in [0.15, 0.2) is 0 Å². The molecule has 2 aromatic carbocycles. The Morgan fingerprint density at radius 1 is 1.09 bits per heavy atom. The van der Waals surface area contributed by atoms with Gasteiger partial charge in [-0.25, -0.2) is 0 Å². The maximum Gasteiger partial charge on any atom is 0.209 e. The summed E-state index contributed by atoms with van der Waals surface area (Å²) in [5.41, 5.74) is 4.28. The largest absolute Gasteiger partial charge is 0.343 e. The van der Waals surface area contributed by atoms with Crippen LogP contribution in [-0.4, -0.2) is 19.4 Å². The Kier molecular flexibility index (Phi) is 3.40. The van der Waals surface area contributed by atoms with Crippen molar-refractivity contribution in [1.29, 1.82) is 0 Å². The summed E-state index contributed by atoms with van der Waals surface area (Å²) in [5, 5.41) is 0. The highest BCUT2D eigenvalue weighted by molar-refractivity contribution is 9.10. The first-order valence-electron chi connectivity index (χ1n) is 7.38. The van der Waals surface area contributed by atoms with Crippen LogP contribution in [0.5, 0.6) is 0 Å². The van der Waals surface area contributed by atoms with E-state index in [1.807, 2.05) is 24.4 Å². The molecule has 1 saturated heterocycles. The van der Waals surface area contributed by atoms with Gasteiger partial charge in [0.2, 0.25) is 5.79 Å². The van der Waals surface area contributed by atoms with Crippen LogP contribution in [0.15, 0.2) is 51.9 Å². The van der Waals surface area contributed by atoms with Crippen LogP contribution in [0.1, 0.15) is 22.6 Å². The second-order valence-electron chi connectivity index (χ2n) is 5.64. The van der Waals surface area contributed by atoms with Crippen molar-refractivity contribution >= 4 is 27.8 Å². The Labute approximate surface area is 138 Å². The number of nitrogens with zero attached hydrogens (tertiary/aromatic N) is 1. The lowest BCUT2D eigenvalue weighted by Gasteiger charge is -2.37. The third-order valence-electron chi connectivity index (χ3n) is 4.32. The van der Waals surface area contributed by atoms with Gasteiger partial charge in [-0.2, -0.15) is 0 Å². The number of aryl methyl sites for hydroxylation is 1. The average Bonchev–Trinajstić information content (AvgIpc) is 3.00. The zero-order chi connectivity index (χ0) is 15.2. The molecule has 0 N–H and O–H groups in total. The SMILES string of the molecule is Cc1cccc2c1N=CC(c1ccc(Br)cc1)C21OCCO1. The standard InChI is InChI=1S/C18H16BrNO2/c1-12-3-2-4-15-17(12)20-11-16(18(15)21-9-10-22-18)13-5-7-14(19)8-6-13/h2-8,11,16H,9-10H2,1H3. The third kappa shape index (κ3) is 2.06. The van der Waals surface area contributed by atoms with E-state index in [4.69, 9.17) is 14.5 Å². The van der Waals surface area contributed by atoms with E-state index in [1.54, 1.807) is 0 Å². The molecule has 2 aromatic rings. The Hall–Kier alpha value is -1.49. The molecular weight excluding hydrogens is 342 g/mol. The minimum Gasteiger partial charge on any atom is -0.343 e. The summed E-state index contributed by atoms with van der Waals surface area (Å²) in [6.45, 7) is 3.28. The zero-order valence-corrected chi connectivity index (χ0v) is 13.8. The molecule has 3 nitrogen and oxygen atoms in total. The minimum absolute atomic E-state index is 0.0441. The smallest absolute Gasteiger partial charge is 0.209 e. The van der Waals surface area contributed by atoms with Gasteiger partial charge in [0, 0.05) is 16.3 Å². The Bertz CT molecular complexity index is 733. The van der Waals surface area contributed by atoms with Crippen LogP contribution in [0.4, 0.5) is 5.69 Å². The van der Waals surface area contributed by atoms with Gasteiger partial charge in [0.05, 0.1) is 24.8 Å². The highest BCUT2D eigenvalue weighted by Crippen LogP contribution is 2.50. The molecular formula is C18H16BrNO2. The predicted molar refractivity (Wildman–Crippen MR) is 89.8 cm³/mol. The van der Waals surface area contributed by atoms with Crippen LogP contribution >= 0.6 is 15.9 Å². The Morgan fingerprint density at radius 3 is 2.55 bits per heavy atom. The lowest BCUT2D eigenvalue weighted by molar-refractivity contribution is -0.171. The fourth-order valence-corrected chi connectivity index (χ4v) is 3.53.